The van der Waals surface area contributed by atoms with Gasteiger partial charge in [0.25, 0.3) is 0 Å². The fraction of sp³-hybridized carbons (Fsp3) is 0.0556. The van der Waals surface area contributed by atoms with Crippen LogP contribution in [0.3, 0.4) is 0 Å². The van der Waals surface area contributed by atoms with Crippen molar-refractivity contribution < 1.29 is 9.53 Å². The van der Waals surface area contributed by atoms with Gasteiger partial charge in [0.05, 0.1) is 9.13 Å². The first-order valence-electron chi connectivity index (χ1n) is 7.37. The van der Waals surface area contributed by atoms with Gasteiger partial charge in [-0.1, -0.05) is 48.0 Å². The molecule has 2 aromatic carbocycles. The van der Waals surface area contributed by atoms with E-state index < -0.39 is 0 Å². The number of carbonyl (C=O) groups excluding carboxylic acids is 1. The van der Waals surface area contributed by atoms with Gasteiger partial charge in [0.1, 0.15) is 23.9 Å². The van der Waals surface area contributed by atoms with Crippen molar-refractivity contribution in [2.75, 3.05) is 5.32 Å². The van der Waals surface area contributed by atoms with E-state index in [0.717, 1.165) is 5.56 Å². The standard InChI is InChI=1S/C18H13ClIN3O2/c19-16-15(20)17(22-11-21-16)23-14-8-4-7-13(9-14)18(24)25-10-12-5-2-1-3-6-12/h1-9,11H,10H2,(H,21,22,23). The predicted molar refractivity (Wildman–Crippen MR) is 105 cm³/mol. The summed E-state index contributed by atoms with van der Waals surface area (Å²) in [7, 11) is 0. The maximum atomic E-state index is 12.2. The quantitative estimate of drug-likeness (QED) is 0.332. The number of esters is 1. The molecule has 3 rings (SSSR count). The Labute approximate surface area is 163 Å². The lowest BCUT2D eigenvalue weighted by Crippen LogP contribution is -2.06. The van der Waals surface area contributed by atoms with Crippen molar-refractivity contribution in [1.82, 2.24) is 9.97 Å². The second-order valence-corrected chi connectivity index (χ2v) is 6.53. The zero-order valence-electron chi connectivity index (χ0n) is 12.9. The molecule has 25 heavy (non-hydrogen) atoms. The van der Waals surface area contributed by atoms with E-state index in [1.165, 1.54) is 6.33 Å². The molecule has 0 aliphatic heterocycles. The summed E-state index contributed by atoms with van der Waals surface area (Å²) in [6, 6.07) is 16.6. The highest BCUT2D eigenvalue weighted by molar-refractivity contribution is 14.1. The third-order valence-electron chi connectivity index (χ3n) is 3.32. The van der Waals surface area contributed by atoms with Gasteiger partial charge in [-0.3, -0.25) is 0 Å². The van der Waals surface area contributed by atoms with Crippen molar-refractivity contribution >= 4 is 51.7 Å². The molecule has 1 N–H and O–H groups in total. The topological polar surface area (TPSA) is 64.1 Å². The number of halogens is 2. The molecule has 0 atom stereocenters. The van der Waals surface area contributed by atoms with Crippen molar-refractivity contribution in [3.05, 3.63) is 80.8 Å². The van der Waals surface area contributed by atoms with Crippen molar-refractivity contribution in [2.24, 2.45) is 0 Å². The first kappa shape index (κ1) is 17.6. The van der Waals surface area contributed by atoms with E-state index in [4.69, 9.17) is 16.3 Å². The Hall–Kier alpha value is -2.19. The van der Waals surface area contributed by atoms with Crippen LogP contribution >= 0.6 is 34.2 Å². The number of ether oxygens (including phenoxy) is 1. The number of nitrogens with zero attached hydrogens (tertiary/aromatic N) is 2. The summed E-state index contributed by atoms with van der Waals surface area (Å²) in [4.78, 5) is 20.3. The Morgan fingerprint density at radius 3 is 2.72 bits per heavy atom. The van der Waals surface area contributed by atoms with E-state index in [1.807, 2.05) is 36.4 Å². The summed E-state index contributed by atoms with van der Waals surface area (Å²) >= 11 is 8.05. The number of hydrogen-bond acceptors (Lipinski definition) is 5. The smallest absolute Gasteiger partial charge is 0.338 e. The van der Waals surface area contributed by atoms with Gasteiger partial charge in [-0.15, -0.1) is 0 Å². The number of anilines is 2. The Morgan fingerprint density at radius 1 is 1.12 bits per heavy atom. The molecule has 0 spiro atoms. The maximum Gasteiger partial charge on any atom is 0.338 e. The molecule has 1 aromatic heterocycles. The lowest BCUT2D eigenvalue weighted by Gasteiger charge is -2.10. The first-order chi connectivity index (χ1) is 12.1. The molecule has 0 radical (unpaired) electrons. The molecule has 7 heteroatoms. The molecule has 3 aromatic rings. The Morgan fingerprint density at radius 2 is 1.92 bits per heavy atom. The average Bonchev–Trinajstić information content (AvgIpc) is 2.64. The van der Waals surface area contributed by atoms with Crippen LogP contribution in [0.25, 0.3) is 0 Å². The highest BCUT2D eigenvalue weighted by Crippen LogP contribution is 2.25. The van der Waals surface area contributed by atoms with Crippen molar-refractivity contribution in [3.63, 3.8) is 0 Å². The second kappa shape index (κ2) is 8.26. The van der Waals surface area contributed by atoms with Crippen LogP contribution in [0.2, 0.25) is 5.15 Å². The molecular formula is C18H13ClIN3O2. The van der Waals surface area contributed by atoms with Crippen LogP contribution in [0.15, 0.2) is 60.9 Å². The zero-order valence-corrected chi connectivity index (χ0v) is 15.9. The monoisotopic (exact) mass is 465 g/mol. The fourth-order valence-corrected chi connectivity index (χ4v) is 2.65. The minimum absolute atomic E-state index is 0.233. The molecule has 0 fully saturated rings. The van der Waals surface area contributed by atoms with E-state index >= 15 is 0 Å². The van der Waals surface area contributed by atoms with Crippen molar-refractivity contribution in [1.29, 1.82) is 0 Å². The fourth-order valence-electron chi connectivity index (χ4n) is 2.10. The van der Waals surface area contributed by atoms with Crippen LogP contribution < -0.4 is 5.32 Å². The molecule has 0 unspecified atom stereocenters. The van der Waals surface area contributed by atoms with E-state index in [0.29, 0.717) is 25.8 Å². The SMILES string of the molecule is O=C(OCc1ccccc1)c1cccc(Nc2ncnc(Cl)c2I)c1. The predicted octanol–water partition coefficient (Wildman–Crippen LogP) is 4.84. The Balaban J connectivity index is 1.70. The third-order valence-corrected chi connectivity index (χ3v) is 4.95. The Bertz CT molecular complexity index is 890. The van der Waals surface area contributed by atoms with E-state index in [9.17, 15) is 4.79 Å². The molecular weight excluding hydrogens is 453 g/mol. The molecule has 5 nitrogen and oxygen atoms in total. The zero-order chi connectivity index (χ0) is 17.6. The van der Waals surface area contributed by atoms with E-state index in [2.05, 4.69) is 37.9 Å². The van der Waals surface area contributed by atoms with Gasteiger partial charge in [-0.2, -0.15) is 0 Å². The molecule has 1 heterocycles. The molecule has 0 amide bonds. The maximum absolute atomic E-state index is 12.2. The van der Waals surface area contributed by atoms with Crippen LogP contribution in [0.5, 0.6) is 0 Å². The summed E-state index contributed by atoms with van der Waals surface area (Å²) in [5.74, 6) is 0.193. The molecule has 126 valence electrons. The number of carbonyl (C=O) groups is 1. The van der Waals surface area contributed by atoms with Crippen LogP contribution in [0.4, 0.5) is 11.5 Å². The highest BCUT2D eigenvalue weighted by atomic mass is 127. The van der Waals surface area contributed by atoms with Gasteiger partial charge >= 0.3 is 5.97 Å². The number of rotatable bonds is 5. The molecule has 0 saturated heterocycles. The van der Waals surface area contributed by atoms with Gasteiger partial charge < -0.3 is 10.1 Å². The van der Waals surface area contributed by atoms with E-state index in [1.54, 1.807) is 18.2 Å². The summed E-state index contributed by atoms with van der Waals surface area (Å²) in [6.07, 6.45) is 1.38. The molecule has 0 saturated carbocycles. The largest absolute Gasteiger partial charge is 0.457 e. The lowest BCUT2D eigenvalue weighted by atomic mass is 10.2. The van der Waals surface area contributed by atoms with Crippen LogP contribution in [-0.2, 0) is 11.3 Å². The number of benzene rings is 2. The van der Waals surface area contributed by atoms with Crippen LogP contribution in [0, 0.1) is 3.57 Å². The Kier molecular flexibility index (Phi) is 5.83. The van der Waals surface area contributed by atoms with Crippen LogP contribution in [0.1, 0.15) is 15.9 Å². The summed E-state index contributed by atoms with van der Waals surface area (Å²) in [5, 5.41) is 3.50. The second-order valence-electron chi connectivity index (χ2n) is 5.09. The number of nitrogens with one attached hydrogen (secondary N) is 1. The summed E-state index contributed by atoms with van der Waals surface area (Å²) < 4.78 is 6.05. The normalized spacial score (nSPS) is 10.3. The van der Waals surface area contributed by atoms with Gasteiger partial charge in [0, 0.05) is 5.69 Å². The minimum atomic E-state index is -0.386. The summed E-state index contributed by atoms with van der Waals surface area (Å²) in [6.45, 7) is 0.233. The van der Waals surface area contributed by atoms with E-state index in [-0.39, 0.29) is 12.6 Å². The van der Waals surface area contributed by atoms with Crippen molar-refractivity contribution in [2.45, 2.75) is 6.61 Å². The van der Waals surface area contributed by atoms with Gasteiger partial charge in [-0.25, -0.2) is 14.8 Å². The van der Waals surface area contributed by atoms with Gasteiger partial charge in [0.15, 0.2) is 0 Å². The van der Waals surface area contributed by atoms with Crippen LogP contribution in [-0.4, -0.2) is 15.9 Å². The average molecular weight is 466 g/mol. The molecule has 0 bridgehead atoms. The number of aromatic nitrogens is 2. The summed E-state index contributed by atoms with van der Waals surface area (Å²) in [5.41, 5.74) is 2.10. The first-order valence-corrected chi connectivity index (χ1v) is 8.83. The highest BCUT2D eigenvalue weighted by Gasteiger charge is 2.10. The molecule has 0 aliphatic carbocycles. The minimum Gasteiger partial charge on any atom is -0.457 e. The van der Waals surface area contributed by atoms with Gasteiger partial charge in [0.2, 0.25) is 0 Å². The van der Waals surface area contributed by atoms with Crippen molar-refractivity contribution in [3.8, 4) is 0 Å². The van der Waals surface area contributed by atoms with Gasteiger partial charge in [-0.05, 0) is 46.4 Å². The third kappa shape index (κ3) is 4.67. The lowest BCUT2D eigenvalue weighted by molar-refractivity contribution is 0.0473. The number of hydrogen-bond donors (Lipinski definition) is 1. The molecule has 0 aliphatic rings.